The van der Waals surface area contributed by atoms with Gasteiger partial charge in [0.1, 0.15) is 18.2 Å². The van der Waals surface area contributed by atoms with E-state index in [1.54, 1.807) is 0 Å². The number of nitrogen functional groups attached to an aromatic ring is 1. The van der Waals surface area contributed by atoms with Gasteiger partial charge in [-0.25, -0.2) is 15.0 Å². The second-order valence-electron chi connectivity index (χ2n) is 4.87. The zero-order chi connectivity index (χ0) is 16.0. The van der Waals surface area contributed by atoms with Crippen LogP contribution in [0.3, 0.4) is 0 Å². The molecule has 0 spiro atoms. The number of aliphatic hydroxyl groups is 1. The van der Waals surface area contributed by atoms with Crippen LogP contribution in [0.15, 0.2) is 12.7 Å². The lowest BCUT2D eigenvalue weighted by molar-refractivity contribution is -0.259. The topological polar surface area (TPSA) is 166 Å². The van der Waals surface area contributed by atoms with Crippen LogP contribution in [0.4, 0.5) is 5.82 Å². The van der Waals surface area contributed by atoms with Gasteiger partial charge in [-0.05, 0) is 0 Å². The van der Waals surface area contributed by atoms with Gasteiger partial charge >= 0.3 is 7.60 Å². The Balaban J connectivity index is 2.05. The SMILES string of the molecule is Nc1ncnc2c1ncn2[C@@]1(OCP(=O)(O)O)C[C@H](O)CO1. The summed E-state index contributed by atoms with van der Waals surface area (Å²) >= 11 is 0. The van der Waals surface area contributed by atoms with Crippen LogP contribution in [0, 0.1) is 0 Å². The summed E-state index contributed by atoms with van der Waals surface area (Å²) in [6, 6.07) is 0. The molecule has 1 fully saturated rings. The summed E-state index contributed by atoms with van der Waals surface area (Å²) in [4.78, 5) is 29.9. The van der Waals surface area contributed by atoms with E-state index in [1.807, 2.05) is 0 Å². The number of aliphatic hydroxyl groups excluding tert-OH is 1. The van der Waals surface area contributed by atoms with Crippen molar-refractivity contribution in [2.45, 2.75) is 18.4 Å². The molecule has 0 aromatic carbocycles. The molecule has 0 radical (unpaired) electrons. The van der Waals surface area contributed by atoms with Crippen LogP contribution in [0.25, 0.3) is 11.2 Å². The molecule has 2 aromatic rings. The Bertz CT molecular complexity index is 746. The molecule has 0 amide bonds. The van der Waals surface area contributed by atoms with Gasteiger partial charge in [-0.2, -0.15) is 0 Å². The van der Waals surface area contributed by atoms with Gasteiger partial charge in [-0.1, -0.05) is 0 Å². The van der Waals surface area contributed by atoms with Crippen LogP contribution in [-0.4, -0.2) is 53.5 Å². The van der Waals surface area contributed by atoms with Crippen molar-refractivity contribution in [3.05, 3.63) is 12.7 Å². The van der Waals surface area contributed by atoms with Crippen molar-refractivity contribution in [1.82, 2.24) is 19.5 Å². The van der Waals surface area contributed by atoms with E-state index in [-0.39, 0.29) is 24.5 Å². The Morgan fingerprint density at radius 2 is 2.27 bits per heavy atom. The molecule has 11 nitrogen and oxygen atoms in total. The molecule has 0 bridgehead atoms. The summed E-state index contributed by atoms with van der Waals surface area (Å²) in [6.07, 6.45) is 0.765. The number of imidazole rings is 1. The highest BCUT2D eigenvalue weighted by molar-refractivity contribution is 7.51. The molecule has 3 heterocycles. The van der Waals surface area contributed by atoms with E-state index in [0.29, 0.717) is 5.52 Å². The van der Waals surface area contributed by atoms with E-state index in [2.05, 4.69) is 15.0 Å². The van der Waals surface area contributed by atoms with E-state index in [0.717, 1.165) is 0 Å². The van der Waals surface area contributed by atoms with Crippen molar-refractivity contribution >= 4 is 24.6 Å². The molecule has 0 unspecified atom stereocenters. The van der Waals surface area contributed by atoms with Crippen LogP contribution in [-0.2, 0) is 19.9 Å². The number of rotatable bonds is 4. The summed E-state index contributed by atoms with van der Waals surface area (Å²) in [7, 11) is -4.43. The predicted molar refractivity (Wildman–Crippen MR) is 72.3 cm³/mol. The van der Waals surface area contributed by atoms with E-state index >= 15 is 0 Å². The molecule has 0 aliphatic carbocycles. The highest BCUT2D eigenvalue weighted by Gasteiger charge is 2.45. The summed E-state index contributed by atoms with van der Waals surface area (Å²) in [5.74, 6) is -1.47. The summed E-state index contributed by atoms with van der Waals surface area (Å²) in [5.41, 5.74) is 6.27. The zero-order valence-corrected chi connectivity index (χ0v) is 12.1. The first kappa shape index (κ1) is 15.3. The van der Waals surface area contributed by atoms with Crippen molar-refractivity contribution in [2.24, 2.45) is 0 Å². The lowest BCUT2D eigenvalue weighted by atomic mass is 10.2. The molecule has 22 heavy (non-hydrogen) atoms. The zero-order valence-electron chi connectivity index (χ0n) is 11.2. The molecule has 1 aliphatic heterocycles. The third-order valence-electron chi connectivity index (χ3n) is 3.18. The first-order valence-electron chi connectivity index (χ1n) is 6.25. The van der Waals surface area contributed by atoms with Gasteiger partial charge in [0.2, 0.25) is 0 Å². The first-order valence-corrected chi connectivity index (χ1v) is 8.05. The number of nitrogens with zero attached hydrogens (tertiary/aromatic N) is 4. The largest absolute Gasteiger partial charge is 0.390 e. The van der Waals surface area contributed by atoms with E-state index in [9.17, 15) is 9.67 Å². The normalized spacial score (nSPS) is 25.9. The minimum Gasteiger partial charge on any atom is -0.390 e. The fourth-order valence-corrected chi connectivity index (χ4v) is 2.64. The Morgan fingerprint density at radius 3 is 2.91 bits per heavy atom. The van der Waals surface area contributed by atoms with Crippen molar-refractivity contribution < 1.29 is 28.9 Å². The third kappa shape index (κ3) is 2.70. The third-order valence-corrected chi connectivity index (χ3v) is 3.65. The average molecular weight is 331 g/mol. The van der Waals surface area contributed by atoms with Gasteiger partial charge in [-0.15, -0.1) is 0 Å². The molecule has 1 saturated heterocycles. The van der Waals surface area contributed by atoms with E-state index in [4.69, 9.17) is 25.0 Å². The van der Waals surface area contributed by atoms with Crippen LogP contribution < -0.4 is 5.73 Å². The van der Waals surface area contributed by atoms with Crippen molar-refractivity contribution in [3.8, 4) is 0 Å². The second-order valence-corrected chi connectivity index (χ2v) is 6.45. The maximum absolute atomic E-state index is 11.1. The lowest BCUT2D eigenvalue weighted by Gasteiger charge is -2.29. The summed E-state index contributed by atoms with van der Waals surface area (Å²) < 4.78 is 23.2. The van der Waals surface area contributed by atoms with Gasteiger partial charge in [0.05, 0.1) is 19.1 Å². The highest BCUT2D eigenvalue weighted by atomic mass is 31.2. The molecule has 5 N–H and O–H groups in total. The lowest BCUT2D eigenvalue weighted by Crippen LogP contribution is -2.36. The van der Waals surface area contributed by atoms with Crippen molar-refractivity contribution in [3.63, 3.8) is 0 Å². The number of anilines is 1. The average Bonchev–Trinajstić information content (AvgIpc) is 3.01. The van der Waals surface area contributed by atoms with Crippen LogP contribution in [0.1, 0.15) is 6.42 Å². The number of nitrogens with two attached hydrogens (primary N) is 1. The molecule has 2 atom stereocenters. The molecular formula is C10H14N5O6P. The fourth-order valence-electron chi connectivity index (χ4n) is 2.27. The molecule has 0 saturated carbocycles. The van der Waals surface area contributed by atoms with Gasteiger partial charge < -0.3 is 30.1 Å². The van der Waals surface area contributed by atoms with Gasteiger partial charge in [0, 0.05) is 0 Å². The Kier molecular flexibility index (Phi) is 3.63. The predicted octanol–water partition coefficient (Wildman–Crippen LogP) is -1.05. The van der Waals surface area contributed by atoms with Crippen molar-refractivity contribution in [2.75, 3.05) is 18.7 Å². The monoisotopic (exact) mass is 331 g/mol. The maximum atomic E-state index is 11.1. The number of aromatic nitrogens is 4. The molecule has 12 heteroatoms. The highest BCUT2D eigenvalue weighted by Crippen LogP contribution is 2.41. The molecule has 2 aromatic heterocycles. The van der Waals surface area contributed by atoms with Gasteiger partial charge in [-0.3, -0.25) is 9.13 Å². The Morgan fingerprint density at radius 1 is 1.50 bits per heavy atom. The van der Waals surface area contributed by atoms with Crippen molar-refractivity contribution in [1.29, 1.82) is 0 Å². The fraction of sp³-hybridized carbons (Fsp3) is 0.500. The van der Waals surface area contributed by atoms with Crippen LogP contribution >= 0.6 is 7.60 Å². The minimum absolute atomic E-state index is 0.0393. The maximum Gasteiger partial charge on any atom is 0.351 e. The molecule has 1 aliphatic rings. The van der Waals surface area contributed by atoms with E-state index in [1.165, 1.54) is 17.2 Å². The van der Waals surface area contributed by atoms with Gasteiger partial charge in [0.15, 0.2) is 17.8 Å². The van der Waals surface area contributed by atoms with Gasteiger partial charge in [0.25, 0.3) is 5.91 Å². The number of hydrogen-bond acceptors (Lipinski definition) is 8. The van der Waals surface area contributed by atoms with E-state index < -0.39 is 26.0 Å². The quantitative estimate of drug-likeness (QED) is 0.508. The molecule has 3 rings (SSSR count). The minimum atomic E-state index is -4.43. The van der Waals surface area contributed by atoms with Crippen LogP contribution in [0.5, 0.6) is 0 Å². The standard InChI is InChI=1S/C10H14N5O6P/c11-8-7-9(13-3-12-8)15(4-14-7)10(1-6(16)2-20-10)21-5-22(17,18)19/h3-4,6,16H,1-2,5H2,(H2,11,12,13)(H2,17,18,19)/t6-,10-/m0/s1. The smallest absolute Gasteiger partial charge is 0.351 e. The number of fused-ring (bicyclic) bond motifs is 1. The molecular weight excluding hydrogens is 317 g/mol. The first-order chi connectivity index (χ1) is 10.3. The second kappa shape index (κ2) is 5.23. The molecule has 120 valence electrons. The Hall–Kier alpha value is -1.62. The van der Waals surface area contributed by atoms with Crippen LogP contribution in [0.2, 0.25) is 0 Å². The summed E-state index contributed by atoms with van der Waals surface area (Å²) in [5, 5.41) is 9.73. The summed E-state index contributed by atoms with van der Waals surface area (Å²) in [6.45, 7) is -0.0542. The Labute approximate surface area is 123 Å². The number of hydrogen-bond donors (Lipinski definition) is 4. The number of ether oxygens (including phenoxy) is 2.